The van der Waals surface area contributed by atoms with Crippen molar-refractivity contribution in [3.63, 3.8) is 0 Å². The van der Waals surface area contributed by atoms with Crippen molar-refractivity contribution in [1.29, 1.82) is 10.5 Å². The molecule has 10 aromatic rings. The summed E-state index contributed by atoms with van der Waals surface area (Å²) in [6.07, 6.45) is 3.78. The number of pyridine rings is 2. The molecule has 7 heteroatoms. The van der Waals surface area contributed by atoms with Gasteiger partial charge in [-0.25, -0.2) is 0 Å². The number of hydrogen-bond acceptors (Lipinski definition) is 5. The molecule has 0 bridgehead atoms. The molecule has 4 aromatic heterocycles. The molecule has 258 valence electrons. The normalized spacial score (nSPS) is 15.0. The van der Waals surface area contributed by atoms with Crippen LogP contribution in [0.1, 0.15) is 33.4 Å². The average molecular weight is 715 g/mol. The van der Waals surface area contributed by atoms with E-state index in [9.17, 15) is 10.5 Å². The molecule has 0 radical (unpaired) electrons. The highest BCUT2D eigenvalue weighted by atomic mass is 16.5. The first-order valence-electron chi connectivity index (χ1n) is 18.4. The first-order valence-corrected chi connectivity index (χ1v) is 18.4. The minimum atomic E-state index is -0.832. The second kappa shape index (κ2) is 11.0. The monoisotopic (exact) mass is 714 g/mol. The zero-order chi connectivity index (χ0) is 37.1. The summed E-state index contributed by atoms with van der Waals surface area (Å²) in [4.78, 5) is 10.3. The average Bonchev–Trinajstić information content (AvgIpc) is 3.87. The van der Waals surface area contributed by atoms with Crippen LogP contribution in [0.25, 0.3) is 66.4 Å². The molecule has 0 amide bonds. The van der Waals surface area contributed by atoms with Crippen LogP contribution in [0, 0.1) is 22.7 Å². The lowest BCUT2D eigenvalue weighted by Gasteiger charge is -2.39. The molecule has 0 N–H and O–H groups in total. The fourth-order valence-corrected chi connectivity index (χ4v) is 9.48. The van der Waals surface area contributed by atoms with Gasteiger partial charge in [0.25, 0.3) is 0 Å². The Labute approximate surface area is 320 Å². The summed E-state index contributed by atoms with van der Waals surface area (Å²) in [6.45, 7) is 0. The van der Waals surface area contributed by atoms with Gasteiger partial charge in [-0.1, -0.05) is 60.7 Å². The predicted octanol–water partition coefficient (Wildman–Crippen LogP) is 10.9. The van der Waals surface area contributed by atoms with Crippen molar-refractivity contribution in [3.05, 3.63) is 191 Å². The van der Waals surface area contributed by atoms with Gasteiger partial charge in [0.2, 0.25) is 0 Å². The number of nitrogens with zero attached hydrogens (tertiary/aromatic N) is 6. The minimum Gasteiger partial charge on any atom is -0.457 e. The Hall–Kier alpha value is -8.00. The third kappa shape index (κ3) is 3.83. The molecule has 6 aromatic carbocycles. The van der Waals surface area contributed by atoms with Crippen molar-refractivity contribution >= 4 is 43.6 Å². The first kappa shape index (κ1) is 30.5. The van der Waals surface area contributed by atoms with Gasteiger partial charge in [-0.2, -0.15) is 10.5 Å². The van der Waals surface area contributed by atoms with Crippen LogP contribution in [0.2, 0.25) is 0 Å². The maximum Gasteiger partial charge on any atom is 0.132 e. The summed E-state index contributed by atoms with van der Waals surface area (Å²) in [5, 5.41) is 23.8. The number of nitriles is 2. The van der Waals surface area contributed by atoms with E-state index in [4.69, 9.17) is 14.7 Å². The van der Waals surface area contributed by atoms with Crippen molar-refractivity contribution in [2.45, 2.75) is 5.41 Å². The predicted molar refractivity (Wildman–Crippen MR) is 218 cm³/mol. The van der Waals surface area contributed by atoms with Crippen LogP contribution in [0.4, 0.5) is 0 Å². The van der Waals surface area contributed by atoms with E-state index in [0.29, 0.717) is 11.1 Å². The van der Waals surface area contributed by atoms with Crippen molar-refractivity contribution in [2.75, 3.05) is 0 Å². The number of benzene rings is 6. The molecule has 12 rings (SSSR count). The van der Waals surface area contributed by atoms with Gasteiger partial charge in [0, 0.05) is 50.1 Å². The molecule has 7 nitrogen and oxygen atoms in total. The molecule has 0 saturated carbocycles. The van der Waals surface area contributed by atoms with Crippen LogP contribution in [-0.2, 0) is 5.41 Å². The number of aromatic nitrogens is 4. The number of rotatable bonds is 2. The van der Waals surface area contributed by atoms with Gasteiger partial charge in [0.1, 0.15) is 11.5 Å². The van der Waals surface area contributed by atoms with Gasteiger partial charge < -0.3 is 13.9 Å². The van der Waals surface area contributed by atoms with Crippen LogP contribution in [-0.4, -0.2) is 19.1 Å². The Kier molecular flexibility index (Phi) is 5.99. The van der Waals surface area contributed by atoms with E-state index in [1.165, 1.54) is 0 Å². The fraction of sp³-hybridized carbons (Fsp3) is 0.0204. The zero-order valence-electron chi connectivity index (χ0n) is 29.6. The fourth-order valence-electron chi connectivity index (χ4n) is 9.48. The number of ether oxygens (including phenoxy) is 1. The van der Waals surface area contributed by atoms with E-state index in [1.54, 1.807) is 0 Å². The summed E-state index contributed by atoms with van der Waals surface area (Å²) < 4.78 is 11.3. The van der Waals surface area contributed by atoms with Crippen molar-refractivity contribution in [1.82, 2.24) is 19.1 Å². The lowest BCUT2D eigenvalue weighted by atomic mass is 9.66. The molecular formula is C49H26N6O. The minimum absolute atomic E-state index is 0.618. The summed E-state index contributed by atoms with van der Waals surface area (Å²) >= 11 is 0. The van der Waals surface area contributed by atoms with Gasteiger partial charge in [0.05, 0.1) is 74.0 Å². The maximum atomic E-state index is 9.79. The van der Waals surface area contributed by atoms with Gasteiger partial charge in [-0.05, 0) is 90.5 Å². The number of para-hydroxylation sites is 3. The number of fused-ring (bicyclic) bond motifs is 15. The molecule has 56 heavy (non-hydrogen) atoms. The number of hydrogen-bond donors (Lipinski definition) is 0. The third-order valence-electron chi connectivity index (χ3n) is 11.7. The van der Waals surface area contributed by atoms with Crippen LogP contribution < -0.4 is 4.74 Å². The van der Waals surface area contributed by atoms with E-state index in [-0.39, 0.29) is 0 Å². The van der Waals surface area contributed by atoms with E-state index in [2.05, 4.69) is 94.1 Å². The highest BCUT2D eigenvalue weighted by Crippen LogP contribution is 2.61. The Morgan fingerprint density at radius 3 is 1.75 bits per heavy atom. The largest absolute Gasteiger partial charge is 0.457 e. The summed E-state index contributed by atoms with van der Waals surface area (Å²) in [7, 11) is 0. The highest BCUT2D eigenvalue weighted by molar-refractivity contribution is 6.11. The Morgan fingerprint density at radius 1 is 0.464 bits per heavy atom. The third-order valence-corrected chi connectivity index (χ3v) is 11.7. The van der Waals surface area contributed by atoms with E-state index >= 15 is 0 Å². The quantitative estimate of drug-likeness (QED) is 0.178. The van der Waals surface area contributed by atoms with Crippen LogP contribution in [0.5, 0.6) is 11.5 Å². The summed E-state index contributed by atoms with van der Waals surface area (Å²) in [5.41, 5.74) is 12.1. The molecule has 2 aliphatic rings. The molecule has 0 saturated heterocycles. The lowest BCUT2D eigenvalue weighted by Crippen LogP contribution is -2.32. The molecule has 1 aliphatic carbocycles. The van der Waals surface area contributed by atoms with Crippen molar-refractivity contribution in [3.8, 4) is 46.4 Å². The molecule has 1 unspecified atom stereocenters. The van der Waals surface area contributed by atoms with Crippen molar-refractivity contribution in [2.24, 2.45) is 0 Å². The van der Waals surface area contributed by atoms with Gasteiger partial charge in [-0.15, -0.1) is 0 Å². The van der Waals surface area contributed by atoms with Gasteiger partial charge in [-0.3, -0.25) is 9.97 Å². The van der Waals surface area contributed by atoms with Gasteiger partial charge in [0.15, 0.2) is 0 Å². The molecule has 1 spiro atoms. The van der Waals surface area contributed by atoms with Gasteiger partial charge >= 0.3 is 0 Å². The van der Waals surface area contributed by atoms with Crippen LogP contribution >= 0.6 is 0 Å². The van der Waals surface area contributed by atoms with E-state index < -0.39 is 5.41 Å². The SMILES string of the molecule is N#Cc1ccc2c(c1)c1ccccc1n2-c1ccc2c(c1)C1(c3ccccc3O2)c2cccnc2-c2ncc(-n3c4ccccc4c4cc(C#N)ccc43)cc21. The topological polar surface area (TPSA) is 92.4 Å². The Morgan fingerprint density at radius 2 is 1.04 bits per heavy atom. The summed E-state index contributed by atoms with van der Waals surface area (Å²) in [6, 6.07) is 54.3. The zero-order valence-corrected chi connectivity index (χ0v) is 29.6. The standard InChI is InChI=1S/C49H26N6O/c50-26-29-15-18-43-35(22-29)33-8-1-4-12-41(33)54(43)31-17-20-46-39(24-31)49(37-10-3-6-14-45(37)56-46)38-11-7-21-52-47(38)48-40(49)25-32(28-53-48)55-42-13-5-2-9-34(42)36-23-30(27-51)16-19-44(36)55/h1-25,28H. The van der Waals surface area contributed by atoms with E-state index in [1.807, 2.05) is 85.2 Å². The highest BCUT2D eigenvalue weighted by Gasteiger charge is 2.52. The lowest BCUT2D eigenvalue weighted by molar-refractivity contribution is 0.436. The van der Waals surface area contributed by atoms with Crippen molar-refractivity contribution < 1.29 is 4.74 Å². The first-order chi connectivity index (χ1) is 27.7. The van der Waals surface area contributed by atoms with Crippen LogP contribution in [0.15, 0.2) is 158 Å². The smallest absolute Gasteiger partial charge is 0.132 e. The Bertz CT molecular complexity index is 3450. The molecule has 0 fully saturated rings. The van der Waals surface area contributed by atoms with Crippen LogP contribution in [0.3, 0.4) is 0 Å². The molecule has 1 aliphatic heterocycles. The molecular weight excluding hydrogens is 689 g/mol. The van der Waals surface area contributed by atoms with E-state index in [0.717, 1.165) is 100 Å². The second-order valence-electron chi connectivity index (χ2n) is 14.4. The Balaban J connectivity index is 1.18. The maximum absolute atomic E-state index is 9.79. The molecule has 1 atom stereocenters. The second-order valence-corrected chi connectivity index (χ2v) is 14.4. The molecule has 5 heterocycles. The summed E-state index contributed by atoms with van der Waals surface area (Å²) in [5.74, 6) is 1.54.